The van der Waals surface area contributed by atoms with E-state index in [1.807, 2.05) is 13.8 Å². The molecule has 1 amide bonds. The molecule has 0 bridgehead atoms. The summed E-state index contributed by atoms with van der Waals surface area (Å²) >= 11 is 0. The topological polar surface area (TPSA) is 86.3 Å². The lowest BCUT2D eigenvalue weighted by molar-refractivity contribution is -0.0544. The number of nitrogens with one attached hydrogen (secondary N) is 1. The summed E-state index contributed by atoms with van der Waals surface area (Å²) in [5.41, 5.74) is -0.564. The van der Waals surface area contributed by atoms with Crippen molar-refractivity contribution in [2.24, 2.45) is 0 Å². The maximum absolute atomic E-state index is 12.2. The van der Waals surface area contributed by atoms with Crippen molar-refractivity contribution in [2.45, 2.75) is 200 Å². The highest BCUT2D eigenvalue weighted by atomic mass is 16.6. The summed E-state index contributed by atoms with van der Waals surface area (Å²) in [6.07, 6.45) is 31.7. The Bertz CT molecular complexity index is 617. The molecule has 0 aromatic heterocycles. The Morgan fingerprint density at radius 1 is 0.587 bits per heavy atom. The molecule has 0 rings (SSSR count). The predicted octanol–water partition coefficient (Wildman–Crippen LogP) is 10.7. The van der Waals surface area contributed by atoms with E-state index in [1.54, 1.807) is 0 Å². The molecule has 0 fully saturated rings. The molecule has 0 aromatic carbocycles. The summed E-state index contributed by atoms with van der Waals surface area (Å²) in [5.74, 6) is 0. The normalized spacial score (nSPS) is 12.5. The average Bonchev–Trinajstić information content (AvgIpc) is 3.05. The van der Waals surface area contributed by atoms with Gasteiger partial charge in [-0.2, -0.15) is 0 Å². The van der Waals surface area contributed by atoms with Gasteiger partial charge in [-0.05, 0) is 33.1 Å². The second-order valence-corrected chi connectivity index (χ2v) is 14.0. The Hall–Kier alpha value is -0.890. The molecule has 0 aliphatic rings. The van der Waals surface area contributed by atoms with Gasteiger partial charge in [0.15, 0.2) is 0 Å². The van der Waals surface area contributed by atoms with Crippen LogP contribution in [0.15, 0.2) is 0 Å². The summed E-state index contributed by atoms with van der Waals surface area (Å²) in [6.45, 7) is 11.2. The van der Waals surface area contributed by atoms with Gasteiger partial charge in [-0.1, -0.05) is 155 Å². The largest absolute Gasteiger partial charge is 0.447 e. The first kappa shape index (κ1) is 45.1. The second kappa shape index (κ2) is 35.4. The van der Waals surface area contributed by atoms with Crippen LogP contribution in [0.4, 0.5) is 4.79 Å². The third kappa shape index (κ3) is 34.4. The molecule has 0 aliphatic heterocycles. The molecular weight excluding hydrogens is 578 g/mol. The molecule has 46 heavy (non-hydrogen) atoms. The summed E-state index contributed by atoms with van der Waals surface area (Å²) in [6, 6.07) is 0. The Labute approximate surface area is 286 Å². The van der Waals surface area contributed by atoms with E-state index in [4.69, 9.17) is 18.9 Å². The van der Waals surface area contributed by atoms with E-state index in [0.29, 0.717) is 32.8 Å². The van der Waals surface area contributed by atoms with Gasteiger partial charge in [0.25, 0.3) is 0 Å². The van der Waals surface area contributed by atoms with Crippen molar-refractivity contribution in [3.05, 3.63) is 0 Å². The summed E-state index contributed by atoms with van der Waals surface area (Å²) in [4.78, 5) is 12.2. The molecule has 2 N–H and O–H groups in total. The van der Waals surface area contributed by atoms with Crippen molar-refractivity contribution in [1.82, 2.24) is 5.32 Å². The van der Waals surface area contributed by atoms with E-state index in [1.165, 1.54) is 141 Å². The maximum Gasteiger partial charge on any atom is 0.407 e. The van der Waals surface area contributed by atoms with Crippen LogP contribution in [0.25, 0.3) is 0 Å². The molecule has 1 unspecified atom stereocenters. The molecule has 0 aromatic rings. The van der Waals surface area contributed by atoms with Crippen molar-refractivity contribution in [3.8, 4) is 0 Å². The lowest BCUT2D eigenvalue weighted by Crippen LogP contribution is -2.33. The number of hydrogen-bond acceptors (Lipinski definition) is 6. The summed E-state index contributed by atoms with van der Waals surface area (Å²) < 4.78 is 23.2. The lowest BCUT2D eigenvalue weighted by Gasteiger charge is -2.22. The lowest BCUT2D eigenvalue weighted by atomic mass is 10.1. The highest BCUT2D eigenvalue weighted by molar-refractivity contribution is 5.67. The number of aliphatic hydroxyl groups is 1. The van der Waals surface area contributed by atoms with Crippen LogP contribution in [0, 0.1) is 0 Å². The van der Waals surface area contributed by atoms with Crippen molar-refractivity contribution in [3.63, 3.8) is 0 Å². The van der Waals surface area contributed by atoms with Gasteiger partial charge in [-0.25, -0.2) is 4.79 Å². The minimum atomic E-state index is -0.564. The van der Waals surface area contributed by atoms with E-state index in [-0.39, 0.29) is 19.3 Å². The first-order chi connectivity index (χ1) is 22.4. The zero-order chi connectivity index (χ0) is 33.8. The molecule has 0 spiro atoms. The number of rotatable bonds is 37. The number of carbonyl (C=O) groups is 1. The van der Waals surface area contributed by atoms with Crippen molar-refractivity contribution >= 4 is 6.09 Å². The highest BCUT2D eigenvalue weighted by Gasteiger charge is 2.16. The fourth-order valence-electron chi connectivity index (χ4n) is 5.47. The van der Waals surface area contributed by atoms with Crippen LogP contribution in [-0.4, -0.2) is 69.1 Å². The smallest absolute Gasteiger partial charge is 0.407 e. The van der Waals surface area contributed by atoms with Gasteiger partial charge in [0.1, 0.15) is 12.7 Å². The van der Waals surface area contributed by atoms with E-state index >= 15 is 0 Å². The number of carbonyl (C=O) groups excluding carboxylic acids is 1. The van der Waals surface area contributed by atoms with E-state index in [9.17, 15) is 9.90 Å². The molecule has 0 saturated heterocycles. The molecule has 0 radical (unpaired) electrons. The SMILES string of the molecule is CCCCCCCCCCCCCCOCC(COC(=O)NCCCOC(C)(C)CO)OCCCCCCCCCCCCCC. The molecular formula is C39H79NO6. The van der Waals surface area contributed by atoms with Crippen molar-refractivity contribution in [2.75, 3.05) is 46.2 Å². The van der Waals surface area contributed by atoms with E-state index in [2.05, 4.69) is 19.2 Å². The Balaban J connectivity index is 4.09. The van der Waals surface area contributed by atoms with E-state index in [0.717, 1.165) is 19.4 Å². The van der Waals surface area contributed by atoms with Crippen molar-refractivity contribution in [1.29, 1.82) is 0 Å². The molecule has 7 heteroatoms. The van der Waals surface area contributed by atoms with E-state index < -0.39 is 11.7 Å². The first-order valence-corrected chi connectivity index (χ1v) is 19.8. The standard InChI is InChI=1S/C39H79NO6/c1-5-7-9-11-13-15-17-19-21-23-25-27-31-43-34-37(35-45-38(42)40-30-29-33-46-39(3,4)36-41)44-32-28-26-24-22-20-18-16-14-12-10-8-6-2/h37,41H,5-36H2,1-4H3,(H,40,42). The molecule has 0 saturated carbocycles. The number of aliphatic hydroxyl groups excluding tert-OH is 1. The van der Waals surface area contributed by atoms with Gasteiger partial charge in [0.2, 0.25) is 0 Å². The molecule has 0 heterocycles. The molecule has 7 nitrogen and oxygen atoms in total. The fourth-order valence-corrected chi connectivity index (χ4v) is 5.47. The van der Waals surface area contributed by atoms with Crippen LogP contribution in [0.3, 0.4) is 0 Å². The van der Waals surface area contributed by atoms with Crippen LogP contribution in [0.2, 0.25) is 0 Å². The van der Waals surface area contributed by atoms with Crippen LogP contribution < -0.4 is 5.32 Å². The van der Waals surface area contributed by atoms with Gasteiger partial charge in [0.05, 0.1) is 18.8 Å². The summed E-state index contributed by atoms with van der Waals surface area (Å²) in [7, 11) is 0. The minimum absolute atomic E-state index is 0.0372. The highest BCUT2D eigenvalue weighted by Crippen LogP contribution is 2.14. The van der Waals surface area contributed by atoms with Gasteiger partial charge < -0.3 is 29.4 Å². The monoisotopic (exact) mass is 658 g/mol. The first-order valence-electron chi connectivity index (χ1n) is 19.8. The van der Waals surface area contributed by atoms with Gasteiger partial charge >= 0.3 is 6.09 Å². The summed E-state index contributed by atoms with van der Waals surface area (Å²) in [5, 5.41) is 12.1. The fraction of sp³-hybridized carbons (Fsp3) is 0.974. The quantitative estimate of drug-likeness (QED) is 0.0647. The number of amides is 1. The van der Waals surface area contributed by atoms with Crippen LogP contribution in [0.1, 0.15) is 188 Å². The zero-order valence-electron chi connectivity index (χ0n) is 31.2. The third-order valence-electron chi connectivity index (χ3n) is 8.66. The van der Waals surface area contributed by atoms with Crippen LogP contribution >= 0.6 is 0 Å². The van der Waals surface area contributed by atoms with Gasteiger partial charge in [-0.3, -0.25) is 0 Å². The van der Waals surface area contributed by atoms with Gasteiger partial charge in [0, 0.05) is 26.4 Å². The number of ether oxygens (including phenoxy) is 4. The number of unbranched alkanes of at least 4 members (excludes halogenated alkanes) is 22. The third-order valence-corrected chi connectivity index (χ3v) is 8.66. The maximum atomic E-state index is 12.2. The second-order valence-electron chi connectivity index (χ2n) is 14.0. The Morgan fingerprint density at radius 2 is 1.02 bits per heavy atom. The number of alkyl carbamates (subject to hydrolysis) is 1. The average molecular weight is 658 g/mol. The predicted molar refractivity (Wildman–Crippen MR) is 194 cm³/mol. The zero-order valence-corrected chi connectivity index (χ0v) is 31.2. The Kier molecular flexibility index (Phi) is 34.7. The molecule has 276 valence electrons. The molecule has 0 aliphatic carbocycles. The van der Waals surface area contributed by atoms with Crippen LogP contribution in [0.5, 0.6) is 0 Å². The van der Waals surface area contributed by atoms with Gasteiger partial charge in [-0.15, -0.1) is 0 Å². The minimum Gasteiger partial charge on any atom is -0.447 e. The Morgan fingerprint density at radius 3 is 1.48 bits per heavy atom. The number of hydrogen-bond donors (Lipinski definition) is 2. The molecule has 1 atom stereocenters. The van der Waals surface area contributed by atoms with Crippen molar-refractivity contribution < 1.29 is 28.8 Å². The van der Waals surface area contributed by atoms with Crippen LogP contribution in [-0.2, 0) is 18.9 Å².